The number of aromatic nitrogens is 2. The third-order valence-electron chi connectivity index (χ3n) is 3.34. The zero-order valence-corrected chi connectivity index (χ0v) is 12.8. The molecule has 0 saturated heterocycles. The van der Waals surface area contributed by atoms with E-state index >= 15 is 0 Å². The first-order valence-corrected chi connectivity index (χ1v) is 7.57. The molecule has 0 aliphatic carbocycles. The van der Waals surface area contributed by atoms with Crippen LogP contribution in [0.4, 0.5) is 0 Å². The number of nitrogens with one attached hydrogen (secondary N) is 1. The van der Waals surface area contributed by atoms with Gasteiger partial charge < -0.3 is 0 Å². The Kier molecular flexibility index (Phi) is 5.79. The topological polar surface area (TPSA) is 54.9 Å². The van der Waals surface area contributed by atoms with E-state index in [0.717, 1.165) is 31.2 Å². The standard InChI is InChI=1S/C18H20N2O2/c1-2-3-4-5-9-12-16-14-20(18(22)19-17(16)21)13-15-10-7-6-8-11-15/h6-8,10-11,14H,2-5,13H2,1H3,(H,19,21,22). The van der Waals surface area contributed by atoms with Crippen molar-refractivity contribution in [3.05, 3.63) is 68.5 Å². The molecule has 1 aromatic heterocycles. The predicted molar refractivity (Wildman–Crippen MR) is 87.9 cm³/mol. The minimum absolute atomic E-state index is 0.340. The Bertz CT molecular complexity index is 776. The highest BCUT2D eigenvalue weighted by molar-refractivity contribution is 5.29. The first kappa shape index (κ1) is 15.8. The Balaban J connectivity index is 2.20. The van der Waals surface area contributed by atoms with Crippen LogP contribution in [0.2, 0.25) is 0 Å². The third kappa shape index (κ3) is 4.49. The van der Waals surface area contributed by atoms with Crippen molar-refractivity contribution in [3.63, 3.8) is 0 Å². The summed E-state index contributed by atoms with van der Waals surface area (Å²) >= 11 is 0. The number of benzene rings is 1. The molecule has 0 saturated carbocycles. The number of unbranched alkanes of at least 4 members (excludes halogenated alkanes) is 3. The Morgan fingerprint density at radius 2 is 1.91 bits per heavy atom. The van der Waals surface area contributed by atoms with Crippen LogP contribution in [0.15, 0.2) is 46.1 Å². The lowest BCUT2D eigenvalue weighted by Crippen LogP contribution is -2.31. The van der Waals surface area contributed by atoms with E-state index in [9.17, 15) is 9.59 Å². The highest BCUT2D eigenvalue weighted by atomic mass is 16.2. The van der Waals surface area contributed by atoms with Gasteiger partial charge in [0.1, 0.15) is 5.56 Å². The van der Waals surface area contributed by atoms with Gasteiger partial charge in [0, 0.05) is 12.6 Å². The van der Waals surface area contributed by atoms with Gasteiger partial charge in [-0.15, -0.1) is 0 Å². The number of nitrogens with zero attached hydrogens (tertiary/aromatic N) is 1. The van der Waals surface area contributed by atoms with Gasteiger partial charge in [-0.05, 0) is 12.0 Å². The molecule has 2 rings (SSSR count). The zero-order chi connectivity index (χ0) is 15.8. The Morgan fingerprint density at radius 1 is 1.14 bits per heavy atom. The normalized spacial score (nSPS) is 10.0. The van der Waals surface area contributed by atoms with Gasteiger partial charge in [0.05, 0.1) is 6.54 Å². The van der Waals surface area contributed by atoms with E-state index in [1.165, 1.54) is 4.57 Å². The number of rotatable bonds is 5. The number of aromatic amines is 1. The van der Waals surface area contributed by atoms with Gasteiger partial charge in [-0.1, -0.05) is 61.9 Å². The molecule has 1 aromatic carbocycles. The summed E-state index contributed by atoms with van der Waals surface area (Å²) < 4.78 is 1.48. The first-order valence-electron chi connectivity index (χ1n) is 7.57. The molecule has 2 aromatic rings. The molecule has 114 valence electrons. The molecule has 0 bridgehead atoms. The van der Waals surface area contributed by atoms with E-state index < -0.39 is 11.2 Å². The van der Waals surface area contributed by atoms with E-state index in [1.54, 1.807) is 6.20 Å². The summed E-state index contributed by atoms with van der Waals surface area (Å²) in [6, 6.07) is 9.63. The molecule has 0 radical (unpaired) electrons. The summed E-state index contributed by atoms with van der Waals surface area (Å²) in [5, 5.41) is 0. The molecule has 0 unspecified atom stereocenters. The van der Waals surface area contributed by atoms with Crippen LogP contribution in [-0.2, 0) is 6.54 Å². The minimum Gasteiger partial charge on any atom is -0.295 e. The highest BCUT2D eigenvalue weighted by Crippen LogP contribution is 2.01. The Labute approximate surface area is 129 Å². The molecule has 0 aliphatic rings. The first-order chi connectivity index (χ1) is 10.7. The molecule has 0 aliphatic heterocycles. The van der Waals surface area contributed by atoms with Crippen LogP contribution in [0.25, 0.3) is 0 Å². The van der Waals surface area contributed by atoms with Gasteiger partial charge in [0.25, 0.3) is 5.56 Å². The van der Waals surface area contributed by atoms with Crippen molar-refractivity contribution in [1.82, 2.24) is 9.55 Å². The summed E-state index contributed by atoms with van der Waals surface area (Å²) in [5.74, 6) is 5.87. The average molecular weight is 296 g/mol. The third-order valence-corrected chi connectivity index (χ3v) is 3.34. The molecule has 4 nitrogen and oxygen atoms in total. The maximum Gasteiger partial charge on any atom is 0.328 e. The lowest BCUT2D eigenvalue weighted by atomic mass is 10.2. The molecule has 0 atom stereocenters. The van der Waals surface area contributed by atoms with Crippen molar-refractivity contribution in [2.24, 2.45) is 0 Å². The largest absolute Gasteiger partial charge is 0.328 e. The van der Waals surface area contributed by atoms with Gasteiger partial charge in [0.15, 0.2) is 0 Å². The summed E-state index contributed by atoms with van der Waals surface area (Å²) in [6.07, 6.45) is 5.62. The summed E-state index contributed by atoms with van der Waals surface area (Å²) in [6.45, 7) is 2.55. The molecule has 1 N–H and O–H groups in total. The van der Waals surface area contributed by atoms with Crippen LogP contribution in [0, 0.1) is 11.8 Å². The van der Waals surface area contributed by atoms with Crippen LogP contribution in [0.3, 0.4) is 0 Å². The van der Waals surface area contributed by atoms with Crippen molar-refractivity contribution < 1.29 is 0 Å². The van der Waals surface area contributed by atoms with Gasteiger partial charge >= 0.3 is 5.69 Å². The SMILES string of the molecule is CCCCCC#Cc1cn(Cc2ccccc2)c(=O)[nH]c1=O. The highest BCUT2D eigenvalue weighted by Gasteiger charge is 2.03. The second-order valence-corrected chi connectivity index (χ2v) is 5.17. The molecule has 0 fully saturated rings. The van der Waals surface area contributed by atoms with Crippen LogP contribution >= 0.6 is 0 Å². The number of H-pyrrole nitrogens is 1. The van der Waals surface area contributed by atoms with E-state index in [-0.39, 0.29) is 0 Å². The van der Waals surface area contributed by atoms with Crippen molar-refractivity contribution in [2.45, 2.75) is 39.2 Å². The molecular formula is C18H20N2O2. The van der Waals surface area contributed by atoms with Gasteiger partial charge in [0.2, 0.25) is 0 Å². The number of hydrogen-bond donors (Lipinski definition) is 1. The van der Waals surface area contributed by atoms with Gasteiger partial charge in [-0.2, -0.15) is 0 Å². The lowest BCUT2D eigenvalue weighted by molar-refractivity contribution is 0.717. The van der Waals surface area contributed by atoms with E-state index in [4.69, 9.17) is 0 Å². The van der Waals surface area contributed by atoms with Crippen LogP contribution < -0.4 is 11.2 Å². The van der Waals surface area contributed by atoms with Crippen molar-refractivity contribution in [3.8, 4) is 11.8 Å². The van der Waals surface area contributed by atoms with Crippen LogP contribution in [0.5, 0.6) is 0 Å². The van der Waals surface area contributed by atoms with Gasteiger partial charge in [-0.3, -0.25) is 14.3 Å². The average Bonchev–Trinajstić information content (AvgIpc) is 2.52. The molecule has 4 heteroatoms. The monoisotopic (exact) mass is 296 g/mol. The van der Waals surface area contributed by atoms with Crippen LogP contribution in [0.1, 0.15) is 43.7 Å². The molecule has 0 amide bonds. The Morgan fingerprint density at radius 3 is 2.64 bits per heavy atom. The molecule has 22 heavy (non-hydrogen) atoms. The maximum absolute atomic E-state index is 11.9. The van der Waals surface area contributed by atoms with Crippen molar-refractivity contribution in [1.29, 1.82) is 0 Å². The van der Waals surface area contributed by atoms with E-state index in [1.807, 2.05) is 30.3 Å². The quantitative estimate of drug-likeness (QED) is 0.681. The van der Waals surface area contributed by atoms with Gasteiger partial charge in [-0.25, -0.2) is 4.79 Å². The minimum atomic E-state index is -0.419. The smallest absolute Gasteiger partial charge is 0.295 e. The van der Waals surface area contributed by atoms with Crippen molar-refractivity contribution in [2.75, 3.05) is 0 Å². The fraction of sp³-hybridized carbons (Fsp3) is 0.333. The van der Waals surface area contributed by atoms with E-state index in [0.29, 0.717) is 12.1 Å². The zero-order valence-electron chi connectivity index (χ0n) is 12.8. The summed E-state index contributed by atoms with van der Waals surface area (Å²) in [4.78, 5) is 26.0. The molecular weight excluding hydrogens is 276 g/mol. The fourth-order valence-corrected chi connectivity index (χ4v) is 2.12. The second-order valence-electron chi connectivity index (χ2n) is 5.17. The second kappa shape index (κ2) is 8.04. The van der Waals surface area contributed by atoms with E-state index in [2.05, 4.69) is 23.7 Å². The fourth-order valence-electron chi connectivity index (χ4n) is 2.12. The predicted octanol–water partition coefficient (Wildman–Crippen LogP) is 2.52. The van der Waals surface area contributed by atoms with Crippen molar-refractivity contribution >= 4 is 0 Å². The maximum atomic E-state index is 11.9. The summed E-state index contributed by atoms with van der Waals surface area (Å²) in [5.41, 5.74) is 0.508. The molecule has 0 spiro atoms. The van der Waals surface area contributed by atoms with Crippen LogP contribution in [-0.4, -0.2) is 9.55 Å². The summed E-state index contributed by atoms with van der Waals surface area (Å²) in [7, 11) is 0. The lowest BCUT2D eigenvalue weighted by Gasteiger charge is -2.05. The Hall–Kier alpha value is -2.54. The number of hydrogen-bond acceptors (Lipinski definition) is 2. The molecule has 1 heterocycles.